The molecular formula is C28H41IOSi. The van der Waals surface area contributed by atoms with Crippen LogP contribution in [-0.2, 0) is 4.43 Å². The van der Waals surface area contributed by atoms with Crippen LogP contribution in [-0.4, -0.2) is 18.8 Å². The molecule has 0 heterocycles. The molecule has 0 aromatic heterocycles. The van der Waals surface area contributed by atoms with E-state index >= 15 is 0 Å². The van der Waals surface area contributed by atoms with Crippen LogP contribution in [0.2, 0.25) is 5.04 Å². The van der Waals surface area contributed by atoms with Crippen molar-refractivity contribution in [2.45, 2.75) is 71.9 Å². The van der Waals surface area contributed by atoms with Gasteiger partial charge in [0.2, 0.25) is 0 Å². The minimum Gasteiger partial charge on any atom is -0.404 e. The van der Waals surface area contributed by atoms with Gasteiger partial charge in [-0.1, -0.05) is 136 Å². The van der Waals surface area contributed by atoms with Gasteiger partial charge in [-0.25, -0.2) is 0 Å². The molecule has 31 heavy (non-hydrogen) atoms. The van der Waals surface area contributed by atoms with Gasteiger partial charge in [-0.3, -0.25) is 0 Å². The quantitative estimate of drug-likeness (QED) is 0.0936. The van der Waals surface area contributed by atoms with E-state index in [0.717, 1.165) is 0 Å². The maximum Gasteiger partial charge on any atom is 0.261 e. The summed E-state index contributed by atoms with van der Waals surface area (Å²) in [7, 11) is -2.49. The fourth-order valence-corrected chi connectivity index (χ4v) is 9.58. The smallest absolute Gasteiger partial charge is 0.261 e. The van der Waals surface area contributed by atoms with E-state index in [-0.39, 0.29) is 11.1 Å². The minimum atomic E-state index is -2.49. The van der Waals surface area contributed by atoms with Gasteiger partial charge < -0.3 is 4.43 Å². The van der Waals surface area contributed by atoms with Gasteiger partial charge in [-0.05, 0) is 51.4 Å². The maximum atomic E-state index is 7.25. The maximum absolute atomic E-state index is 7.25. The Morgan fingerprint density at radius 2 is 1.35 bits per heavy atom. The summed E-state index contributed by atoms with van der Waals surface area (Å²) in [4.78, 5) is 0. The van der Waals surface area contributed by atoms with Gasteiger partial charge >= 0.3 is 0 Å². The van der Waals surface area contributed by atoms with Crippen LogP contribution in [0.15, 0.2) is 72.8 Å². The van der Waals surface area contributed by atoms with E-state index in [1.54, 1.807) is 0 Å². The summed E-state index contributed by atoms with van der Waals surface area (Å²) in [5.74, 6) is 0.999. The molecule has 170 valence electrons. The minimum absolute atomic E-state index is 0.0140. The first-order chi connectivity index (χ1) is 14.7. The number of benzene rings is 2. The second-order valence-electron chi connectivity index (χ2n) is 9.89. The Hall–Kier alpha value is -0.913. The van der Waals surface area contributed by atoms with Crippen LogP contribution in [0.1, 0.15) is 60.8 Å². The Labute approximate surface area is 206 Å². The van der Waals surface area contributed by atoms with Crippen LogP contribution in [0.25, 0.3) is 0 Å². The highest BCUT2D eigenvalue weighted by atomic mass is 127. The molecule has 0 N–H and O–H groups in total. The van der Waals surface area contributed by atoms with Gasteiger partial charge in [0.05, 0.1) is 0 Å². The third-order valence-corrected chi connectivity index (χ3v) is 12.2. The van der Waals surface area contributed by atoms with Crippen molar-refractivity contribution in [2.75, 3.05) is 4.43 Å². The molecular weight excluding hydrogens is 507 g/mol. The standard InChI is InChI=1S/C28H41IOSi/c1-23(15-13-14-22-29)20-21-24(2)25(3)30-31(28(4,5)6,26-16-9-7-10-17-26)27-18-11-8-12-19-27/h7-12,16-21,23-25H,13-15,22H2,1-6H3/b21-20-/t23?,24-,25+/m1/s1. The third-order valence-electron chi connectivity index (χ3n) is 6.31. The van der Waals surface area contributed by atoms with Gasteiger partial charge in [0.15, 0.2) is 0 Å². The van der Waals surface area contributed by atoms with E-state index in [1.807, 2.05) is 0 Å². The molecule has 2 rings (SSSR count). The van der Waals surface area contributed by atoms with Crippen molar-refractivity contribution in [1.29, 1.82) is 0 Å². The third kappa shape index (κ3) is 7.03. The lowest BCUT2D eigenvalue weighted by Gasteiger charge is -2.45. The van der Waals surface area contributed by atoms with Crippen LogP contribution in [0.4, 0.5) is 0 Å². The second-order valence-corrected chi connectivity index (χ2v) is 15.2. The lowest BCUT2D eigenvalue weighted by atomic mass is 9.99. The molecule has 0 amide bonds. The fraction of sp³-hybridized carbons (Fsp3) is 0.500. The number of unbranched alkanes of at least 4 members (excludes halogenated alkanes) is 1. The lowest BCUT2D eigenvalue weighted by Crippen LogP contribution is -2.67. The van der Waals surface area contributed by atoms with Crippen molar-refractivity contribution in [3.05, 3.63) is 72.8 Å². The van der Waals surface area contributed by atoms with Gasteiger partial charge in [-0.15, -0.1) is 0 Å². The topological polar surface area (TPSA) is 9.23 Å². The summed E-state index contributed by atoms with van der Waals surface area (Å²) in [5.41, 5.74) is 0. The van der Waals surface area contributed by atoms with Gasteiger partial charge in [-0.2, -0.15) is 0 Å². The molecule has 0 radical (unpaired) electrons. The predicted molar refractivity (Wildman–Crippen MR) is 148 cm³/mol. The second kappa shape index (κ2) is 12.4. The summed E-state index contributed by atoms with van der Waals surface area (Å²) in [6.07, 6.45) is 8.85. The number of alkyl halides is 1. The van der Waals surface area contributed by atoms with Gasteiger partial charge in [0.25, 0.3) is 8.32 Å². The molecule has 1 nitrogen and oxygen atoms in total. The summed E-state index contributed by atoms with van der Waals surface area (Å²) >= 11 is 2.47. The van der Waals surface area contributed by atoms with Crippen LogP contribution in [0.3, 0.4) is 0 Å². The molecule has 0 spiro atoms. The number of halogens is 1. The molecule has 0 saturated carbocycles. The first-order valence-corrected chi connectivity index (χ1v) is 15.2. The molecule has 2 aromatic carbocycles. The van der Waals surface area contributed by atoms with E-state index in [9.17, 15) is 0 Å². The van der Waals surface area contributed by atoms with Crippen LogP contribution < -0.4 is 10.4 Å². The first-order valence-electron chi connectivity index (χ1n) is 11.8. The zero-order chi connectivity index (χ0) is 22.9. The monoisotopic (exact) mass is 548 g/mol. The van der Waals surface area contributed by atoms with Crippen molar-refractivity contribution in [2.24, 2.45) is 11.8 Å². The first kappa shape index (κ1) is 26.3. The van der Waals surface area contributed by atoms with E-state index in [0.29, 0.717) is 11.8 Å². The summed E-state index contributed by atoms with van der Waals surface area (Å²) < 4.78 is 8.51. The number of rotatable bonds is 11. The van der Waals surface area contributed by atoms with Crippen LogP contribution in [0.5, 0.6) is 0 Å². The van der Waals surface area contributed by atoms with Crippen LogP contribution in [0, 0.1) is 11.8 Å². The number of allylic oxidation sites excluding steroid dienone is 1. The molecule has 0 saturated heterocycles. The zero-order valence-corrected chi connectivity index (χ0v) is 23.4. The Morgan fingerprint density at radius 1 is 0.839 bits per heavy atom. The van der Waals surface area contributed by atoms with Crippen molar-refractivity contribution >= 4 is 41.3 Å². The molecule has 2 aromatic rings. The van der Waals surface area contributed by atoms with E-state index in [1.165, 1.54) is 34.1 Å². The molecule has 3 heteroatoms. The van der Waals surface area contributed by atoms with Crippen LogP contribution >= 0.6 is 22.6 Å². The van der Waals surface area contributed by atoms with E-state index in [4.69, 9.17) is 4.43 Å². The molecule has 0 fully saturated rings. The molecule has 0 aliphatic heterocycles. The zero-order valence-electron chi connectivity index (χ0n) is 20.3. The Bertz CT molecular complexity index is 742. The SMILES string of the molecule is CC(/C=C\[C@@H](C)[C@H](C)O[Si](c1ccccc1)(c1ccccc1)C(C)(C)C)CCCCI. The molecule has 0 bridgehead atoms. The average molecular weight is 549 g/mol. The normalized spacial score (nSPS) is 15.7. The Morgan fingerprint density at radius 3 is 1.81 bits per heavy atom. The van der Waals surface area contributed by atoms with Crippen molar-refractivity contribution in [1.82, 2.24) is 0 Å². The Balaban J connectivity index is 2.33. The van der Waals surface area contributed by atoms with Crippen molar-refractivity contribution in [3.63, 3.8) is 0 Å². The molecule has 1 unspecified atom stereocenters. The highest BCUT2D eigenvalue weighted by Gasteiger charge is 2.51. The summed E-state index contributed by atoms with van der Waals surface area (Å²) in [5, 5.41) is 2.72. The van der Waals surface area contributed by atoms with Gasteiger partial charge in [0.1, 0.15) is 0 Å². The number of hydrogen-bond donors (Lipinski definition) is 0. The highest BCUT2D eigenvalue weighted by molar-refractivity contribution is 14.1. The summed E-state index contributed by atoms with van der Waals surface area (Å²) in [6, 6.07) is 21.9. The van der Waals surface area contributed by atoms with Crippen molar-refractivity contribution in [3.8, 4) is 0 Å². The Kier molecular flexibility index (Phi) is 10.5. The molecule has 0 aliphatic rings. The average Bonchev–Trinajstić information content (AvgIpc) is 2.76. The van der Waals surface area contributed by atoms with E-state index in [2.05, 4.69) is 137 Å². The lowest BCUT2D eigenvalue weighted by molar-refractivity contribution is 0.170. The van der Waals surface area contributed by atoms with Crippen molar-refractivity contribution < 1.29 is 4.43 Å². The summed E-state index contributed by atoms with van der Waals surface area (Å²) in [6.45, 7) is 13.9. The number of hydrogen-bond acceptors (Lipinski definition) is 1. The molecule has 3 atom stereocenters. The largest absolute Gasteiger partial charge is 0.404 e. The predicted octanol–water partition coefficient (Wildman–Crippen LogP) is 7.39. The highest BCUT2D eigenvalue weighted by Crippen LogP contribution is 2.38. The molecule has 0 aliphatic carbocycles. The fourth-order valence-electron chi connectivity index (χ4n) is 4.26. The van der Waals surface area contributed by atoms with Gasteiger partial charge in [0, 0.05) is 6.10 Å². The van der Waals surface area contributed by atoms with E-state index < -0.39 is 8.32 Å².